The monoisotopic (exact) mass is 308 g/mol. The minimum atomic E-state index is -3.67. The zero-order valence-corrected chi connectivity index (χ0v) is 13.2. The molecule has 7 heteroatoms. The molecule has 0 radical (unpaired) electrons. The van der Waals surface area contributed by atoms with Gasteiger partial charge in [-0.25, -0.2) is 13.1 Å². The summed E-state index contributed by atoms with van der Waals surface area (Å²) in [5.41, 5.74) is 7.64. The standard InChI is InChI=1S/C14H20N4O2S/c1-10-14(11(2)18(3)16-10)21(19,20)17-13(9-15)12-7-5-4-6-8-12/h4-8,13,17H,9,15H2,1-3H3. The summed E-state index contributed by atoms with van der Waals surface area (Å²) in [7, 11) is -1.95. The maximum absolute atomic E-state index is 12.6. The molecule has 0 aliphatic heterocycles. The van der Waals surface area contributed by atoms with Crippen molar-refractivity contribution < 1.29 is 8.42 Å². The van der Waals surface area contributed by atoms with Gasteiger partial charge in [0.05, 0.1) is 17.4 Å². The summed E-state index contributed by atoms with van der Waals surface area (Å²) in [5.74, 6) is 0. The van der Waals surface area contributed by atoms with Crippen molar-refractivity contribution in [3.63, 3.8) is 0 Å². The minimum Gasteiger partial charge on any atom is -0.329 e. The molecule has 114 valence electrons. The summed E-state index contributed by atoms with van der Waals surface area (Å²) in [6.45, 7) is 3.59. The van der Waals surface area contributed by atoms with Gasteiger partial charge >= 0.3 is 0 Å². The van der Waals surface area contributed by atoms with Crippen molar-refractivity contribution >= 4 is 10.0 Å². The average Bonchev–Trinajstić information content (AvgIpc) is 2.71. The van der Waals surface area contributed by atoms with Crippen LogP contribution in [0.1, 0.15) is 23.0 Å². The van der Waals surface area contributed by atoms with Crippen molar-refractivity contribution in [2.45, 2.75) is 24.8 Å². The molecule has 0 bridgehead atoms. The third-order valence-electron chi connectivity index (χ3n) is 3.45. The van der Waals surface area contributed by atoms with Crippen LogP contribution in [0.4, 0.5) is 0 Å². The number of benzene rings is 1. The first kappa shape index (κ1) is 15.7. The van der Waals surface area contributed by atoms with Crippen LogP contribution in [0, 0.1) is 13.8 Å². The quantitative estimate of drug-likeness (QED) is 0.863. The lowest BCUT2D eigenvalue weighted by Crippen LogP contribution is -2.34. The third-order valence-corrected chi connectivity index (χ3v) is 5.17. The van der Waals surface area contributed by atoms with Crippen LogP contribution in [0.15, 0.2) is 35.2 Å². The number of sulfonamides is 1. The first-order valence-electron chi connectivity index (χ1n) is 6.64. The zero-order chi connectivity index (χ0) is 15.6. The smallest absolute Gasteiger partial charge is 0.244 e. The SMILES string of the molecule is Cc1nn(C)c(C)c1S(=O)(=O)NC(CN)c1ccccc1. The topological polar surface area (TPSA) is 90.0 Å². The number of nitrogens with zero attached hydrogens (tertiary/aromatic N) is 2. The Balaban J connectivity index is 2.36. The van der Waals surface area contributed by atoms with Gasteiger partial charge in [0.15, 0.2) is 0 Å². The fourth-order valence-electron chi connectivity index (χ4n) is 2.33. The molecule has 3 N–H and O–H groups in total. The first-order valence-corrected chi connectivity index (χ1v) is 8.12. The van der Waals surface area contributed by atoms with Crippen LogP contribution in [0.5, 0.6) is 0 Å². The number of aryl methyl sites for hydroxylation is 2. The van der Waals surface area contributed by atoms with Crippen LogP contribution in [-0.2, 0) is 17.1 Å². The van der Waals surface area contributed by atoms with Crippen molar-refractivity contribution in [2.75, 3.05) is 6.54 Å². The highest BCUT2D eigenvalue weighted by atomic mass is 32.2. The summed E-state index contributed by atoms with van der Waals surface area (Å²) in [6.07, 6.45) is 0. The number of aromatic nitrogens is 2. The molecule has 6 nitrogen and oxygen atoms in total. The van der Waals surface area contributed by atoms with Gasteiger partial charge in [0, 0.05) is 13.6 Å². The first-order chi connectivity index (χ1) is 9.86. The van der Waals surface area contributed by atoms with Crippen LogP contribution < -0.4 is 10.5 Å². The molecule has 1 aromatic heterocycles. The van der Waals surface area contributed by atoms with E-state index in [1.54, 1.807) is 25.6 Å². The Hall–Kier alpha value is -1.70. The second kappa shape index (κ2) is 5.97. The Bertz CT molecular complexity index is 723. The number of hydrogen-bond donors (Lipinski definition) is 2. The third kappa shape index (κ3) is 3.15. The van der Waals surface area contributed by atoms with E-state index in [0.29, 0.717) is 11.4 Å². The van der Waals surface area contributed by atoms with Crippen molar-refractivity contribution in [1.29, 1.82) is 0 Å². The molecule has 1 aromatic carbocycles. The molecule has 0 aliphatic rings. The molecule has 0 spiro atoms. The molecule has 0 fully saturated rings. The molecule has 1 atom stereocenters. The fraction of sp³-hybridized carbons (Fsp3) is 0.357. The predicted octanol–water partition coefficient (Wildman–Crippen LogP) is 1.02. The summed E-state index contributed by atoms with van der Waals surface area (Å²) in [4.78, 5) is 0.222. The summed E-state index contributed by atoms with van der Waals surface area (Å²) < 4.78 is 29.4. The molecule has 0 amide bonds. The number of rotatable bonds is 5. The largest absolute Gasteiger partial charge is 0.329 e. The lowest BCUT2D eigenvalue weighted by atomic mass is 10.1. The van der Waals surface area contributed by atoms with Crippen LogP contribution in [0.3, 0.4) is 0 Å². The lowest BCUT2D eigenvalue weighted by molar-refractivity contribution is 0.557. The van der Waals surface area contributed by atoms with Crippen molar-refractivity contribution in [2.24, 2.45) is 12.8 Å². The maximum atomic E-state index is 12.6. The van der Waals surface area contributed by atoms with E-state index >= 15 is 0 Å². The molecule has 21 heavy (non-hydrogen) atoms. The molecule has 2 rings (SSSR count). The summed E-state index contributed by atoms with van der Waals surface area (Å²) in [6, 6.07) is 8.82. The molecule has 0 aliphatic carbocycles. The number of nitrogens with two attached hydrogens (primary N) is 1. The van der Waals surface area contributed by atoms with Gasteiger partial charge in [-0.05, 0) is 19.4 Å². The zero-order valence-electron chi connectivity index (χ0n) is 12.4. The Morgan fingerprint density at radius 1 is 1.29 bits per heavy atom. The Morgan fingerprint density at radius 2 is 1.90 bits per heavy atom. The van der Waals surface area contributed by atoms with E-state index in [1.807, 2.05) is 30.3 Å². The van der Waals surface area contributed by atoms with E-state index < -0.39 is 16.1 Å². The normalized spacial score (nSPS) is 13.3. The van der Waals surface area contributed by atoms with Gasteiger partial charge in [-0.3, -0.25) is 4.68 Å². The second-order valence-corrected chi connectivity index (χ2v) is 6.59. The molecule has 1 heterocycles. The van der Waals surface area contributed by atoms with E-state index in [2.05, 4.69) is 9.82 Å². The highest BCUT2D eigenvalue weighted by Crippen LogP contribution is 2.21. The molecule has 1 unspecified atom stereocenters. The van der Waals surface area contributed by atoms with Crippen LogP contribution in [0.25, 0.3) is 0 Å². The van der Waals surface area contributed by atoms with Gasteiger partial charge in [-0.1, -0.05) is 30.3 Å². The fourth-order valence-corrected chi connectivity index (χ4v) is 4.00. The van der Waals surface area contributed by atoms with E-state index in [9.17, 15) is 8.42 Å². The van der Waals surface area contributed by atoms with E-state index in [0.717, 1.165) is 5.56 Å². The second-order valence-electron chi connectivity index (χ2n) is 4.94. The highest BCUT2D eigenvalue weighted by molar-refractivity contribution is 7.89. The van der Waals surface area contributed by atoms with Gasteiger partial charge in [0.25, 0.3) is 0 Å². The molecular formula is C14H20N4O2S. The lowest BCUT2D eigenvalue weighted by Gasteiger charge is -2.17. The van der Waals surface area contributed by atoms with Gasteiger partial charge in [0.2, 0.25) is 10.0 Å². The van der Waals surface area contributed by atoms with Gasteiger partial charge in [0.1, 0.15) is 4.90 Å². The predicted molar refractivity (Wildman–Crippen MR) is 81.2 cm³/mol. The molecular weight excluding hydrogens is 288 g/mol. The van der Waals surface area contributed by atoms with E-state index in [-0.39, 0.29) is 11.4 Å². The Kier molecular flexibility index (Phi) is 4.46. The Morgan fingerprint density at radius 3 is 2.38 bits per heavy atom. The summed E-state index contributed by atoms with van der Waals surface area (Å²) >= 11 is 0. The molecule has 0 saturated heterocycles. The molecule has 0 saturated carbocycles. The van der Waals surface area contributed by atoms with E-state index in [4.69, 9.17) is 5.73 Å². The minimum absolute atomic E-state index is 0.182. The molecule has 2 aromatic rings. The average molecular weight is 308 g/mol. The Labute approximate surface area is 125 Å². The van der Waals surface area contributed by atoms with Crippen molar-refractivity contribution in [3.8, 4) is 0 Å². The van der Waals surface area contributed by atoms with Crippen molar-refractivity contribution in [1.82, 2.24) is 14.5 Å². The van der Waals surface area contributed by atoms with Gasteiger partial charge in [-0.15, -0.1) is 0 Å². The summed E-state index contributed by atoms with van der Waals surface area (Å²) in [5, 5.41) is 4.15. The van der Waals surface area contributed by atoms with Crippen molar-refractivity contribution in [3.05, 3.63) is 47.3 Å². The van der Waals surface area contributed by atoms with Crippen LogP contribution >= 0.6 is 0 Å². The maximum Gasteiger partial charge on any atom is 0.244 e. The highest BCUT2D eigenvalue weighted by Gasteiger charge is 2.26. The van der Waals surface area contributed by atoms with Gasteiger partial charge < -0.3 is 5.73 Å². The van der Waals surface area contributed by atoms with Crippen LogP contribution in [-0.4, -0.2) is 24.7 Å². The number of nitrogens with one attached hydrogen (secondary N) is 1. The number of hydrogen-bond acceptors (Lipinski definition) is 4. The van der Waals surface area contributed by atoms with E-state index in [1.165, 1.54) is 0 Å². The van der Waals surface area contributed by atoms with Crippen LogP contribution in [0.2, 0.25) is 0 Å². The van der Waals surface area contributed by atoms with Gasteiger partial charge in [-0.2, -0.15) is 5.10 Å².